The number of ether oxygens (including phenoxy) is 1. The first-order chi connectivity index (χ1) is 7.09. The molecule has 2 nitrogen and oxygen atoms in total. The van der Waals surface area contributed by atoms with Gasteiger partial charge in [-0.3, -0.25) is 0 Å². The van der Waals surface area contributed by atoms with Crippen molar-refractivity contribution in [1.82, 2.24) is 0 Å². The van der Waals surface area contributed by atoms with Crippen LogP contribution in [0.4, 0.5) is 0 Å². The number of rotatable bonds is 2. The number of benzene rings is 1. The smallest absolute Gasteiger partial charge is 0.0650 e. The van der Waals surface area contributed by atoms with Crippen LogP contribution in [0, 0.1) is 0 Å². The maximum Gasteiger partial charge on any atom is 0.0650 e. The summed E-state index contributed by atoms with van der Waals surface area (Å²) in [5.74, 6) is 0. The first-order valence-corrected chi connectivity index (χ1v) is 5.65. The van der Waals surface area contributed by atoms with Gasteiger partial charge in [0.05, 0.1) is 6.61 Å². The van der Waals surface area contributed by atoms with E-state index in [2.05, 4.69) is 0 Å². The van der Waals surface area contributed by atoms with Crippen LogP contribution in [0.3, 0.4) is 0 Å². The summed E-state index contributed by atoms with van der Waals surface area (Å²) in [6.45, 7) is 1.32. The molecule has 1 aliphatic rings. The summed E-state index contributed by atoms with van der Waals surface area (Å²) in [7, 11) is 0. The van der Waals surface area contributed by atoms with E-state index in [4.69, 9.17) is 33.7 Å². The lowest BCUT2D eigenvalue weighted by Gasteiger charge is -2.22. The Kier molecular flexibility index (Phi) is 3.21. The third-order valence-corrected chi connectivity index (χ3v) is 3.29. The topological polar surface area (TPSA) is 35.2 Å². The molecule has 2 rings (SSSR count). The molecule has 0 spiro atoms. The zero-order chi connectivity index (χ0) is 10.9. The molecule has 1 unspecified atom stereocenters. The molecule has 1 saturated heterocycles. The summed E-state index contributed by atoms with van der Waals surface area (Å²) in [5, 5.41) is 1.41. The zero-order valence-corrected chi connectivity index (χ0v) is 9.81. The molecule has 0 radical (unpaired) electrons. The van der Waals surface area contributed by atoms with Gasteiger partial charge < -0.3 is 10.5 Å². The summed E-state index contributed by atoms with van der Waals surface area (Å²) in [5.41, 5.74) is 6.90. The summed E-state index contributed by atoms with van der Waals surface area (Å²) in [6, 6.07) is 5.46. The normalized spacial score (nSPS) is 25.8. The molecule has 15 heavy (non-hydrogen) atoms. The van der Waals surface area contributed by atoms with E-state index in [9.17, 15) is 0 Å². The molecule has 1 aromatic carbocycles. The van der Waals surface area contributed by atoms with Gasteiger partial charge in [0.2, 0.25) is 0 Å². The van der Waals surface area contributed by atoms with Gasteiger partial charge in [0.15, 0.2) is 0 Å². The van der Waals surface area contributed by atoms with Crippen molar-refractivity contribution in [1.29, 1.82) is 0 Å². The van der Waals surface area contributed by atoms with Crippen molar-refractivity contribution in [2.24, 2.45) is 5.73 Å². The van der Waals surface area contributed by atoms with Gasteiger partial charge in [-0.25, -0.2) is 0 Å². The second-order valence-electron chi connectivity index (χ2n) is 4.08. The minimum absolute atomic E-state index is 0.283. The van der Waals surface area contributed by atoms with Crippen LogP contribution in [0.2, 0.25) is 10.0 Å². The van der Waals surface area contributed by atoms with Crippen LogP contribution in [-0.2, 0) is 11.2 Å². The van der Waals surface area contributed by atoms with E-state index in [1.54, 1.807) is 12.1 Å². The molecule has 0 bridgehead atoms. The molecule has 1 aliphatic heterocycles. The van der Waals surface area contributed by atoms with Crippen molar-refractivity contribution in [3.05, 3.63) is 33.8 Å². The van der Waals surface area contributed by atoms with E-state index in [1.807, 2.05) is 6.07 Å². The molecule has 1 fully saturated rings. The van der Waals surface area contributed by atoms with Gasteiger partial charge in [0.1, 0.15) is 0 Å². The van der Waals surface area contributed by atoms with Crippen molar-refractivity contribution >= 4 is 23.2 Å². The molecule has 82 valence electrons. The minimum atomic E-state index is -0.283. The van der Waals surface area contributed by atoms with Crippen LogP contribution in [0.15, 0.2) is 18.2 Å². The molecular formula is C11H13Cl2NO. The predicted octanol–water partition coefficient (Wildman–Crippen LogP) is 2.65. The molecule has 2 N–H and O–H groups in total. The third-order valence-electron chi connectivity index (χ3n) is 2.68. The maximum atomic E-state index is 6.18. The van der Waals surface area contributed by atoms with Crippen LogP contribution >= 0.6 is 23.2 Å². The molecule has 0 aliphatic carbocycles. The summed E-state index contributed by atoms with van der Waals surface area (Å²) in [6.07, 6.45) is 1.59. The quantitative estimate of drug-likeness (QED) is 0.870. The molecule has 0 amide bonds. The summed E-state index contributed by atoms with van der Waals surface area (Å²) in [4.78, 5) is 0. The van der Waals surface area contributed by atoms with Crippen molar-refractivity contribution < 1.29 is 4.74 Å². The van der Waals surface area contributed by atoms with E-state index in [0.717, 1.165) is 23.6 Å². The van der Waals surface area contributed by atoms with Gasteiger partial charge in [-0.15, -0.1) is 0 Å². The van der Waals surface area contributed by atoms with Crippen molar-refractivity contribution in [3.63, 3.8) is 0 Å². The Labute approximate surface area is 99.3 Å². The standard InChI is InChI=1S/C11H13Cl2NO/c12-9-1-2-10(13)8(5-9)6-11(14)3-4-15-7-11/h1-2,5H,3-4,6-7,14H2. The Bertz CT molecular complexity index is 362. The highest BCUT2D eigenvalue weighted by atomic mass is 35.5. The number of hydrogen-bond donors (Lipinski definition) is 1. The minimum Gasteiger partial charge on any atom is -0.379 e. The average molecular weight is 246 g/mol. The SMILES string of the molecule is NC1(Cc2cc(Cl)ccc2Cl)CCOC1. The van der Waals surface area contributed by atoms with Gasteiger partial charge >= 0.3 is 0 Å². The second kappa shape index (κ2) is 4.30. The number of halogens is 2. The van der Waals surface area contributed by atoms with E-state index < -0.39 is 0 Å². The lowest BCUT2D eigenvalue weighted by molar-refractivity contribution is 0.178. The van der Waals surface area contributed by atoms with Crippen LogP contribution in [-0.4, -0.2) is 18.8 Å². The lowest BCUT2D eigenvalue weighted by Crippen LogP contribution is -2.42. The van der Waals surface area contributed by atoms with Crippen molar-refractivity contribution in [3.8, 4) is 0 Å². The van der Waals surface area contributed by atoms with Crippen molar-refractivity contribution in [2.45, 2.75) is 18.4 Å². The van der Waals surface area contributed by atoms with E-state index in [0.29, 0.717) is 18.1 Å². The highest BCUT2D eigenvalue weighted by molar-refractivity contribution is 6.33. The summed E-state index contributed by atoms with van der Waals surface area (Å²) >= 11 is 12.0. The van der Waals surface area contributed by atoms with Crippen LogP contribution < -0.4 is 5.73 Å². The van der Waals surface area contributed by atoms with Crippen molar-refractivity contribution in [2.75, 3.05) is 13.2 Å². The Morgan fingerprint density at radius 1 is 1.40 bits per heavy atom. The van der Waals surface area contributed by atoms with E-state index in [1.165, 1.54) is 0 Å². The average Bonchev–Trinajstić information content (AvgIpc) is 2.59. The van der Waals surface area contributed by atoms with Crippen LogP contribution in [0.5, 0.6) is 0 Å². The molecule has 1 aromatic rings. The fourth-order valence-corrected chi connectivity index (χ4v) is 2.20. The Hall–Kier alpha value is -0.280. The first kappa shape index (κ1) is 11.2. The highest BCUT2D eigenvalue weighted by Gasteiger charge is 2.31. The number of hydrogen-bond acceptors (Lipinski definition) is 2. The van der Waals surface area contributed by atoms with E-state index in [-0.39, 0.29) is 5.54 Å². The van der Waals surface area contributed by atoms with Gasteiger partial charge in [0, 0.05) is 22.2 Å². The van der Waals surface area contributed by atoms with Crippen LogP contribution in [0.25, 0.3) is 0 Å². The van der Waals surface area contributed by atoms with Gasteiger partial charge in [-0.2, -0.15) is 0 Å². The Balaban J connectivity index is 2.19. The molecule has 0 saturated carbocycles. The monoisotopic (exact) mass is 245 g/mol. The second-order valence-corrected chi connectivity index (χ2v) is 4.92. The van der Waals surface area contributed by atoms with E-state index >= 15 is 0 Å². The molecule has 4 heteroatoms. The number of nitrogens with two attached hydrogens (primary N) is 1. The zero-order valence-electron chi connectivity index (χ0n) is 8.30. The molecular weight excluding hydrogens is 233 g/mol. The first-order valence-electron chi connectivity index (χ1n) is 4.90. The third kappa shape index (κ3) is 2.64. The van der Waals surface area contributed by atoms with Gasteiger partial charge in [0.25, 0.3) is 0 Å². The highest BCUT2D eigenvalue weighted by Crippen LogP contribution is 2.27. The lowest BCUT2D eigenvalue weighted by atomic mass is 9.91. The fourth-order valence-electron chi connectivity index (χ4n) is 1.82. The van der Waals surface area contributed by atoms with Gasteiger partial charge in [-0.05, 0) is 36.6 Å². The molecule has 0 aromatic heterocycles. The van der Waals surface area contributed by atoms with Crippen LogP contribution in [0.1, 0.15) is 12.0 Å². The maximum absolute atomic E-state index is 6.18. The Morgan fingerprint density at radius 3 is 2.87 bits per heavy atom. The molecule has 1 atom stereocenters. The predicted molar refractivity (Wildman–Crippen MR) is 62.5 cm³/mol. The largest absolute Gasteiger partial charge is 0.379 e. The Morgan fingerprint density at radius 2 is 2.20 bits per heavy atom. The van der Waals surface area contributed by atoms with Gasteiger partial charge in [-0.1, -0.05) is 23.2 Å². The molecule has 1 heterocycles. The fraction of sp³-hybridized carbons (Fsp3) is 0.455. The summed E-state index contributed by atoms with van der Waals surface area (Å²) < 4.78 is 5.30.